The van der Waals surface area contributed by atoms with Gasteiger partial charge in [0.2, 0.25) is 5.88 Å². The van der Waals surface area contributed by atoms with Gasteiger partial charge in [0, 0.05) is 30.9 Å². The van der Waals surface area contributed by atoms with E-state index in [0.29, 0.717) is 36.3 Å². The minimum atomic E-state index is -0.332. The number of halogens is 2. The first kappa shape index (κ1) is 17.5. The zero-order valence-electron chi connectivity index (χ0n) is 13.6. The van der Waals surface area contributed by atoms with Crippen LogP contribution in [0.4, 0.5) is 14.9 Å². The van der Waals surface area contributed by atoms with Crippen LogP contribution in [0.1, 0.15) is 12.8 Å². The number of ether oxygens (including phenoxy) is 1. The first-order valence-electron chi connectivity index (χ1n) is 8.16. The van der Waals surface area contributed by atoms with Crippen molar-refractivity contribution in [2.24, 2.45) is 5.92 Å². The maximum Gasteiger partial charge on any atom is 0.321 e. The molecule has 0 saturated carbocycles. The fraction of sp³-hybridized carbons (Fsp3) is 0.333. The number of benzene rings is 1. The summed E-state index contributed by atoms with van der Waals surface area (Å²) in [6, 6.07) is 9.01. The van der Waals surface area contributed by atoms with Gasteiger partial charge in [-0.3, -0.25) is 0 Å². The molecular formula is C18H19ClFN3O2. The van der Waals surface area contributed by atoms with Crippen LogP contribution in [0.15, 0.2) is 42.6 Å². The van der Waals surface area contributed by atoms with E-state index in [2.05, 4.69) is 10.3 Å². The lowest BCUT2D eigenvalue weighted by Crippen LogP contribution is -2.43. The number of carbonyl (C=O) groups is 1. The number of amides is 2. The predicted molar refractivity (Wildman–Crippen MR) is 94.5 cm³/mol. The topological polar surface area (TPSA) is 54.5 Å². The van der Waals surface area contributed by atoms with Crippen LogP contribution in [0.3, 0.4) is 0 Å². The second-order valence-electron chi connectivity index (χ2n) is 5.99. The predicted octanol–water partition coefficient (Wildman–Crippen LogP) is 4.20. The monoisotopic (exact) mass is 363 g/mol. The van der Waals surface area contributed by atoms with Gasteiger partial charge in [0.1, 0.15) is 10.8 Å². The molecule has 0 radical (unpaired) electrons. The number of hydrogen-bond donors (Lipinski definition) is 1. The van der Waals surface area contributed by atoms with Gasteiger partial charge in [-0.15, -0.1) is 0 Å². The quantitative estimate of drug-likeness (QED) is 0.885. The van der Waals surface area contributed by atoms with Gasteiger partial charge in [-0.25, -0.2) is 14.2 Å². The number of hydrogen-bond acceptors (Lipinski definition) is 3. The molecular weight excluding hydrogens is 345 g/mol. The summed E-state index contributed by atoms with van der Waals surface area (Å²) < 4.78 is 18.6. The number of nitrogens with zero attached hydrogens (tertiary/aromatic N) is 2. The highest BCUT2D eigenvalue weighted by molar-refractivity contribution is 6.31. The number of piperidine rings is 1. The molecule has 2 heterocycles. The first-order valence-corrected chi connectivity index (χ1v) is 8.54. The van der Waals surface area contributed by atoms with E-state index in [4.69, 9.17) is 16.3 Å². The molecule has 132 valence electrons. The number of carbonyl (C=O) groups excluding carboxylic acids is 1. The van der Waals surface area contributed by atoms with Gasteiger partial charge in [-0.05, 0) is 49.2 Å². The third-order valence-corrected chi connectivity index (χ3v) is 4.37. The van der Waals surface area contributed by atoms with Crippen LogP contribution in [0, 0.1) is 11.7 Å². The number of pyridine rings is 1. The Morgan fingerprint density at radius 2 is 2.16 bits per heavy atom. The maximum absolute atomic E-state index is 12.9. The summed E-state index contributed by atoms with van der Waals surface area (Å²) >= 11 is 6.03. The smallest absolute Gasteiger partial charge is 0.321 e. The van der Waals surface area contributed by atoms with E-state index in [1.165, 1.54) is 12.1 Å². The Hall–Kier alpha value is -2.34. The van der Waals surface area contributed by atoms with E-state index in [9.17, 15) is 9.18 Å². The molecule has 1 N–H and O–H groups in total. The number of rotatable bonds is 4. The van der Waals surface area contributed by atoms with Crippen LogP contribution in [-0.4, -0.2) is 35.6 Å². The Morgan fingerprint density at radius 3 is 2.92 bits per heavy atom. The Labute approximate surface area is 150 Å². The Kier molecular flexibility index (Phi) is 5.71. The highest BCUT2D eigenvalue weighted by Gasteiger charge is 2.24. The van der Waals surface area contributed by atoms with E-state index in [0.717, 1.165) is 12.8 Å². The van der Waals surface area contributed by atoms with Crippen molar-refractivity contribution in [1.29, 1.82) is 0 Å². The van der Waals surface area contributed by atoms with Gasteiger partial charge in [0.25, 0.3) is 0 Å². The summed E-state index contributed by atoms with van der Waals surface area (Å²) in [5.41, 5.74) is 0.574. The van der Waals surface area contributed by atoms with Crippen molar-refractivity contribution in [3.8, 4) is 5.88 Å². The SMILES string of the molecule is O=C(Nc1ccc(F)cc1)N1CCCC(COc2ncccc2Cl)C1. The highest BCUT2D eigenvalue weighted by Crippen LogP contribution is 2.23. The zero-order chi connectivity index (χ0) is 17.6. The van der Waals surface area contributed by atoms with Crippen molar-refractivity contribution in [2.75, 3.05) is 25.0 Å². The third kappa shape index (κ3) is 4.82. The number of aromatic nitrogens is 1. The molecule has 1 unspecified atom stereocenters. The molecule has 25 heavy (non-hydrogen) atoms. The molecule has 5 nitrogen and oxygen atoms in total. The normalized spacial score (nSPS) is 17.2. The Balaban J connectivity index is 1.52. The molecule has 2 aromatic rings. The fourth-order valence-electron chi connectivity index (χ4n) is 2.80. The van der Waals surface area contributed by atoms with Crippen LogP contribution < -0.4 is 10.1 Å². The highest BCUT2D eigenvalue weighted by atomic mass is 35.5. The molecule has 0 aliphatic carbocycles. The van der Waals surface area contributed by atoms with E-state index in [-0.39, 0.29) is 17.8 Å². The Bertz CT molecular complexity index is 727. The van der Waals surface area contributed by atoms with E-state index < -0.39 is 0 Å². The largest absolute Gasteiger partial charge is 0.476 e. The molecule has 7 heteroatoms. The second-order valence-corrected chi connectivity index (χ2v) is 6.40. The first-order chi connectivity index (χ1) is 12.1. The van der Waals surface area contributed by atoms with Gasteiger partial charge in [0.15, 0.2) is 0 Å². The fourth-order valence-corrected chi connectivity index (χ4v) is 2.97. The summed E-state index contributed by atoms with van der Waals surface area (Å²) in [6.07, 6.45) is 3.51. The van der Waals surface area contributed by atoms with Crippen molar-refractivity contribution in [3.05, 3.63) is 53.4 Å². The second kappa shape index (κ2) is 8.16. The van der Waals surface area contributed by atoms with E-state index in [1.807, 2.05) is 0 Å². The van der Waals surface area contributed by atoms with Gasteiger partial charge < -0.3 is 15.0 Å². The molecule has 3 rings (SSSR count). The molecule has 1 aromatic heterocycles. The summed E-state index contributed by atoms with van der Waals surface area (Å²) in [4.78, 5) is 18.2. The molecule has 1 saturated heterocycles. The minimum Gasteiger partial charge on any atom is -0.476 e. The number of likely N-dealkylation sites (tertiary alicyclic amines) is 1. The number of anilines is 1. The summed E-state index contributed by atoms with van der Waals surface area (Å²) in [6.45, 7) is 1.74. The van der Waals surface area contributed by atoms with Crippen molar-refractivity contribution in [3.63, 3.8) is 0 Å². The lowest BCUT2D eigenvalue weighted by Gasteiger charge is -2.32. The van der Waals surface area contributed by atoms with Crippen molar-refractivity contribution < 1.29 is 13.9 Å². The number of urea groups is 1. The van der Waals surface area contributed by atoms with Gasteiger partial charge in [-0.2, -0.15) is 0 Å². The van der Waals surface area contributed by atoms with Crippen molar-refractivity contribution >= 4 is 23.3 Å². The van der Waals surface area contributed by atoms with Crippen LogP contribution in [-0.2, 0) is 0 Å². The minimum absolute atomic E-state index is 0.188. The van der Waals surface area contributed by atoms with E-state index in [1.54, 1.807) is 35.4 Å². The van der Waals surface area contributed by atoms with E-state index >= 15 is 0 Å². The summed E-state index contributed by atoms with van der Waals surface area (Å²) in [5, 5.41) is 3.26. The van der Waals surface area contributed by atoms with Crippen molar-refractivity contribution in [1.82, 2.24) is 9.88 Å². The standard InChI is InChI=1S/C18H19ClFN3O2/c19-16-4-1-9-21-17(16)25-12-13-3-2-10-23(11-13)18(24)22-15-7-5-14(20)6-8-15/h1,4-9,13H,2-3,10-12H2,(H,22,24). The molecule has 1 aromatic carbocycles. The third-order valence-electron chi connectivity index (χ3n) is 4.08. The number of nitrogens with one attached hydrogen (secondary N) is 1. The lowest BCUT2D eigenvalue weighted by molar-refractivity contribution is 0.143. The lowest BCUT2D eigenvalue weighted by atomic mass is 9.99. The summed E-state index contributed by atoms with van der Waals surface area (Å²) in [7, 11) is 0. The Morgan fingerprint density at radius 1 is 1.36 bits per heavy atom. The molecule has 1 atom stereocenters. The molecule has 0 bridgehead atoms. The van der Waals surface area contributed by atoms with Crippen LogP contribution in [0.5, 0.6) is 5.88 Å². The van der Waals surface area contributed by atoms with Crippen molar-refractivity contribution in [2.45, 2.75) is 12.8 Å². The maximum atomic E-state index is 12.9. The zero-order valence-corrected chi connectivity index (χ0v) is 14.4. The van der Waals surface area contributed by atoms with Crippen LogP contribution >= 0.6 is 11.6 Å². The molecule has 1 aliphatic heterocycles. The molecule has 1 aliphatic rings. The molecule has 1 fully saturated rings. The molecule has 0 spiro atoms. The van der Waals surface area contributed by atoms with Gasteiger partial charge in [0.05, 0.1) is 6.61 Å². The van der Waals surface area contributed by atoms with Crippen LogP contribution in [0.25, 0.3) is 0 Å². The van der Waals surface area contributed by atoms with Gasteiger partial charge >= 0.3 is 6.03 Å². The average Bonchev–Trinajstić information content (AvgIpc) is 2.63. The summed E-state index contributed by atoms with van der Waals surface area (Å²) in [5.74, 6) is 0.296. The molecule has 2 amide bonds. The average molecular weight is 364 g/mol. The van der Waals surface area contributed by atoms with Crippen LogP contribution in [0.2, 0.25) is 5.02 Å². The van der Waals surface area contributed by atoms with Gasteiger partial charge in [-0.1, -0.05) is 11.6 Å².